The van der Waals surface area contributed by atoms with E-state index in [9.17, 15) is 10.1 Å². The Hall–Kier alpha value is -2.00. The number of nitrogens with zero attached hydrogens (tertiary/aromatic N) is 4. The molecule has 1 fully saturated rings. The maximum atomic E-state index is 11.2. The zero-order valence-electron chi connectivity index (χ0n) is 11.5. The molecular formula is C11H19N7O2. The molecule has 0 aliphatic carbocycles. The second-order valence-electron chi connectivity index (χ2n) is 5.10. The molecule has 2 rings (SSSR count). The van der Waals surface area contributed by atoms with E-state index in [1.807, 2.05) is 0 Å². The Morgan fingerprint density at radius 2 is 2.20 bits per heavy atom. The molecule has 0 radical (unpaired) electrons. The smallest absolute Gasteiger partial charge is 0.354 e. The average Bonchev–Trinajstić information content (AvgIpc) is 2.41. The van der Waals surface area contributed by atoms with Crippen LogP contribution < -0.4 is 16.6 Å². The van der Waals surface area contributed by atoms with Crippen molar-refractivity contribution in [1.29, 1.82) is 0 Å². The van der Waals surface area contributed by atoms with Gasteiger partial charge in [-0.2, -0.15) is 0 Å². The highest BCUT2D eigenvalue weighted by atomic mass is 16.6. The van der Waals surface area contributed by atoms with E-state index in [0.29, 0.717) is 5.92 Å². The third-order valence-corrected chi connectivity index (χ3v) is 3.57. The van der Waals surface area contributed by atoms with E-state index < -0.39 is 4.92 Å². The van der Waals surface area contributed by atoms with Crippen molar-refractivity contribution >= 4 is 17.3 Å². The van der Waals surface area contributed by atoms with E-state index in [1.54, 1.807) is 0 Å². The molecule has 2 atom stereocenters. The number of nitrogens with two attached hydrogens (primary N) is 1. The van der Waals surface area contributed by atoms with Crippen LogP contribution in [0.2, 0.25) is 0 Å². The number of hydrazine groups is 1. The fourth-order valence-corrected chi connectivity index (χ4v) is 2.51. The molecule has 110 valence electrons. The van der Waals surface area contributed by atoms with Crippen LogP contribution in [0.1, 0.15) is 13.3 Å². The predicted molar refractivity (Wildman–Crippen MR) is 75.2 cm³/mol. The van der Waals surface area contributed by atoms with E-state index >= 15 is 0 Å². The van der Waals surface area contributed by atoms with Crippen LogP contribution >= 0.6 is 0 Å². The van der Waals surface area contributed by atoms with Gasteiger partial charge in [-0.05, 0) is 25.9 Å². The number of nitro groups is 1. The summed E-state index contributed by atoms with van der Waals surface area (Å²) >= 11 is 0. The quantitative estimate of drug-likeness (QED) is 0.412. The van der Waals surface area contributed by atoms with E-state index in [1.165, 1.54) is 6.33 Å². The molecule has 0 saturated carbocycles. The number of piperidine rings is 1. The van der Waals surface area contributed by atoms with Gasteiger partial charge in [0.2, 0.25) is 11.6 Å². The lowest BCUT2D eigenvalue weighted by molar-refractivity contribution is -0.383. The first-order chi connectivity index (χ1) is 9.52. The molecule has 1 aromatic rings. The SMILES string of the molecule is CC1CN(C)CCC1Nc1ncnc(NN)c1[N+](=O)[O-]. The van der Waals surface area contributed by atoms with Gasteiger partial charge in [-0.25, -0.2) is 15.8 Å². The summed E-state index contributed by atoms with van der Waals surface area (Å²) in [6.07, 6.45) is 2.16. The minimum absolute atomic E-state index is 0.00748. The molecule has 9 nitrogen and oxygen atoms in total. The van der Waals surface area contributed by atoms with Crippen LogP contribution in [0, 0.1) is 16.0 Å². The predicted octanol–water partition coefficient (Wildman–Crippen LogP) is 0.423. The van der Waals surface area contributed by atoms with Gasteiger partial charge in [-0.1, -0.05) is 6.92 Å². The molecule has 0 bridgehead atoms. The Morgan fingerprint density at radius 3 is 2.80 bits per heavy atom. The number of hydrogen-bond acceptors (Lipinski definition) is 8. The van der Waals surface area contributed by atoms with Gasteiger partial charge >= 0.3 is 5.69 Å². The maximum absolute atomic E-state index is 11.2. The van der Waals surface area contributed by atoms with Crippen LogP contribution in [-0.4, -0.2) is 46.0 Å². The first-order valence-corrected chi connectivity index (χ1v) is 6.44. The second-order valence-corrected chi connectivity index (χ2v) is 5.10. The summed E-state index contributed by atoms with van der Waals surface area (Å²) in [7, 11) is 2.07. The van der Waals surface area contributed by atoms with Crippen molar-refractivity contribution in [2.24, 2.45) is 11.8 Å². The summed E-state index contributed by atoms with van der Waals surface area (Å²) in [5, 5.41) is 14.3. The number of nitrogens with one attached hydrogen (secondary N) is 2. The Balaban J connectivity index is 2.23. The van der Waals surface area contributed by atoms with Crippen LogP contribution in [0.15, 0.2) is 6.33 Å². The number of likely N-dealkylation sites (tertiary alicyclic amines) is 1. The molecule has 0 amide bonds. The van der Waals surface area contributed by atoms with Gasteiger partial charge in [-0.15, -0.1) is 0 Å². The molecule has 1 aliphatic rings. The normalized spacial score (nSPS) is 23.4. The van der Waals surface area contributed by atoms with Crippen molar-refractivity contribution in [2.75, 3.05) is 30.9 Å². The summed E-state index contributed by atoms with van der Waals surface area (Å²) in [5.41, 5.74) is 2.01. The highest BCUT2D eigenvalue weighted by molar-refractivity contribution is 5.69. The van der Waals surface area contributed by atoms with Gasteiger partial charge in [0.1, 0.15) is 6.33 Å². The number of anilines is 2. The molecule has 2 unspecified atom stereocenters. The van der Waals surface area contributed by atoms with Crippen LogP contribution in [0.5, 0.6) is 0 Å². The lowest BCUT2D eigenvalue weighted by Crippen LogP contribution is -2.43. The van der Waals surface area contributed by atoms with Crippen LogP contribution in [0.25, 0.3) is 0 Å². The lowest BCUT2D eigenvalue weighted by Gasteiger charge is -2.35. The molecule has 1 aromatic heterocycles. The van der Waals surface area contributed by atoms with Gasteiger partial charge in [0.25, 0.3) is 0 Å². The Kier molecular flexibility index (Phi) is 4.30. The number of rotatable bonds is 4. The molecule has 0 spiro atoms. The van der Waals surface area contributed by atoms with Gasteiger partial charge in [0, 0.05) is 12.6 Å². The maximum Gasteiger partial charge on any atom is 0.354 e. The zero-order chi connectivity index (χ0) is 14.7. The minimum atomic E-state index is -0.531. The largest absolute Gasteiger partial charge is 0.361 e. The van der Waals surface area contributed by atoms with Crippen LogP contribution in [-0.2, 0) is 0 Å². The van der Waals surface area contributed by atoms with E-state index in [0.717, 1.165) is 19.5 Å². The third-order valence-electron chi connectivity index (χ3n) is 3.57. The van der Waals surface area contributed by atoms with Gasteiger partial charge < -0.3 is 15.6 Å². The van der Waals surface area contributed by atoms with Crippen LogP contribution in [0.4, 0.5) is 17.3 Å². The van der Waals surface area contributed by atoms with E-state index in [2.05, 4.69) is 39.6 Å². The van der Waals surface area contributed by atoms with Crippen LogP contribution in [0.3, 0.4) is 0 Å². The molecule has 2 heterocycles. The molecule has 4 N–H and O–H groups in total. The Labute approximate surface area is 116 Å². The fraction of sp³-hybridized carbons (Fsp3) is 0.636. The van der Waals surface area contributed by atoms with Gasteiger partial charge in [-0.3, -0.25) is 10.1 Å². The van der Waals surface area contributed by atoms with Crippen molar-refractivity contribution in [3.8, 4) is 0 Å². The molecule has 1 saturated heterocycles. The summed E-state index contributed by atoms with van der Waals surface area (Å²) in [6.45, 7) is 4.00. The molecule has 9 heteroatoms. The lowest BCUT2D eigenvalue weighted by atomic mass is 9.94. The summed E-state index contributed by atoms with van der Waals surface area (Å²) < 4.78 is 0. The molecule has 20 heavy (non-hydrogen) atoms. The monoisotopic (exact) mass is 281 g/mol. The molecule has 1 aliphatic heterocycles. The number of hydrogen-bond donors (Lipinski definition) is 3. The van der Waals surface area contributed by atoms with Crippen molar-refractivity contribution in [2.45, 2.75) is 19.4 Å². The topological polar surface area (TPSA) is 122 Å². The van der Waals surface area contributed by atoms with E-state index in [4.69, 9.17) is 5.84 Å². The Morgan fingerprint density at radius 1 is 1.50 bits per heavy atom. The summed E-state index contributed by atoms with van der Waals surface area (Å²) in [4.78, 5) is 20.6. The van der Waals surface area contributed by atoms with Crippen molar-refractivity contribution in [1.82, 2.24) is 14.9 Å². The summed E-state index contributed by atoms with van der Waals surface area (Å²) in [6, 6.07) is 0.144. The Bertz CT molecular complexity index is 496. The van der Waals surface area contributed by atoms with Crippen molar-refractivity contribution in [3.05, 3.63) is 16.4 Å². The van der Waals surface area contributed by atoms with Crippen molar-refractivity contribution < 1.29 is 4.92 Å². The van der Waals surface area contributed by atoms with Gasteiger partial charge in [0.05, 0.1) is 4.92 Å². The highest BCUT2D eigenvalue weighted by Crippen LogP contribution is 2.30. The fourth-order valence-electron chi connectivity index (χ4n) is 2.51. The average molecular weight is 281 g/mol. The highest BCUT2D eigenvalue weighted by Gasteiger charge is 2.29. The molecule has 0 aromatic carbocycles. The zero-order valence-corrected chi connectivity index (χ0v) is 11.5. The first kappa shape index (κ1) is 14.4. The van der Waals surface area contributed by atoms with E-state index in [-0.39, 0.29) is 23.4 Å². The second kappa shape index (κ2) is 5.97. The molecular weight excluding hydrogens is 262 g/mol. The first-order valence-electron chi connectivity index (χ1n) is 6.44. The minimum Gasteiger partial charge on any atom is -0.361 e. The standard InChI is InChI=1S/C11H19N7O2/c1-7-5-17(2)4-3-8(7)15-10-9(18(19)20)11(16-12)14-6-13-10/h6-8H,3-5,12H2,1-2H3,(H2,13,14,15,16). The number of aromatic nitrogens is 2. The van der Waals surface area contributed by atoms with Crippen molar-refractivity contribution in [3.63, 3.8) is 0 Å². The third kappa shape index (κ3) is 2.94. The van der Waals surface area contributed by atoms with Gasteiger partial charge in [0.15, 0.2) is 0 Å². The summed E-state index contributed by atoms with van der Waals surface area (Å²) in [5.74, 6) is 5.84. The number of nitrogen functional groups attached to an aromatic ring is 1.